The van der Waals surface area contributed by atoms with Gasteiger partial charge in [-0.1, -0.05) is 47.1 Å². The number of carbonyl (C=O) groups excluding carboxylic acids is 1. The Morgan fingerprint density at radius 2 is 1.97 bits per heavy atom. The molecular weight excluding hydrogens is 440 g/mol. The van der Waals surface area contributed by atoms with Crippen molar-refractivity contribution in [1.29, 1.82) is 0 Å². The smallest absolute Gasteiger partial charge is 0.293 e. The maximum absolute atomic E-state index is 12.7. The fourth-order valence-electron chi connectivity index (χ4n) is 2.56. The van der Waals surface area contributed by atoms with E-state index in [4.69, 9.17) is 17.3 Å². The van der Waals surface area contributed by atoms with Gasteiger partial charge in [0.15, 0.2) is 5.69 Å². The molecule has 156 valence electrons. The Hall–Kier alpha value is -3.70. The third-order valence-corrected chi connectivity index (χ3v) is 5.32. The highest BCUT2D eigenvalue weighted by atomic mass is 35.5. The number of amides is 1. The van der Waals surface area contributed by atoms with E-state index < -0.39 is 5.91 Å². The van der Waals surface area contributed by atoms with Crippen LogP contribution in [0.1, 0.15) is 21.7 Å². The molecule has 0 aliphatic carbocycles. The number of halogens is 1. The molecule has 0 atom stereocenters. The lowest BCUT2D eigenvalue weighted by molar-refractivity contribution is 0.0949. The molecule has 0 fully saturated rings. The Morgan fingerprint density at radius 3 is 2.68 bits per heavy atom. The van der Waals surface area contributed by atoms with Gasteiger partial charge in [-0.3, -0.25) is 4.79 Å². The first-order valence-electron chi connectivity index (χ1n) is 8.91. The number of hydrogen-bond donors (Lipinski definition) is 2. The minimum atomic E-state index is -0.528. The lowest BCUT2D eigenvalue weighted by Gasteiger charge is -2.06. The summed E-state index contributed by atoms with van der Waals surface area (Å²) in [7, 11) is 0. The molecule has 0 saturated carbocycles. The van der Waals surface area contributed by atoms with Crippen LogP contribution in [0.4, 0.5) is 5.82 Å². The number of aromatic nitrogens is 5. The van der Waals surface area contributed by atoms with Gasteiger partial charge in [0.2, 0.25) is 11.6 Å². The summed E-state index contributed by atoms with van der Waals surface area (Å²) in [5.74, 6) is -0.0191. The fourth-order valence-corrected chi connectivity index (χ4v) is 3.57. The van der Waals surface area contributed by atoms with Crippen molar-refractivity contribution in [3.63, 3.8) is 0 Å². The summed E-state index contributed by atoms with van der Waals surface area (Å²) in [4.78, 5) is 13.7. The van der Waals surface area contributed by atoms with Gasteiger partial charge in [0, 0.05) is 15.7 Å². The molecule has 0 radical (unpaired) electrons. The zero-order chi connectivity index (χ0) is 21.6. The molecule has 0 aliphatic rings. The summed E-state index contributed by atoms with van der Waals surface area (Å²) >= 11 is 7.40. The first kappa shape index (κ1) is 20.6. The number of hydrogen-bond acceptors (Lipinski definition) is 9. The van der Waals surface area contributed by atoms with Crippen molar-refractivity contribution in [3.8, 4) is 5.82 Å². The average Bonchev–Trinajstić information content (AvgIpc) is 3.39. The third-order valence-electron chi connectivity index (χ3n) is 4.04. The largest absolute Gasteiger partial charge is 0.378 e. The first-order valence-corrected chi connectivity index (χ1v) is 10.3. The maximum Gasteiger partial charge on any atom is 0.293 e. The van der Waals surface area contributed by atoms with E-state index >= 15 is 0 Å². The molecule has 0 unspecified atom stereocenters. The SMILES string of the molecule is Nc1nonc1-n1nnc(C(=O)NN=Cc2ccccc2)c1CSc1ccc(Cl)cc1. The van der Waals surface area contributed by atoms with E-state index in [1.54, 1.807) is 12.1 Å². The normalized spacial score (nSPS) is 11.1. The van der Waals surface area contributed by atoms with Gasteiger partial charge in [0.05, 0.1) is 11.9 Å². The molecule has 0 saturated heterocycles. The highest BCUT2D eigenvalue weighted by Crippen LogP contribution is 2.27. The van der Waals surface area contributed by atoms with Crippen molar-refractivity contribution >= 4 is 41.3 Å². The van der Waals surface area contributed by atoms with Gasteiger partial charge in [-0.05, 0) is 40.1 Å². The monoisotopic (exact) mass is 454 g/mol. The van der Waals surface area contributed by atoms with Crippen LogP contribution in [0.15, 0.2) is 69.2 Å². The number of benzene rings is 2. The number of nitrogens with one attached hydrogen (secondary N) is 1. The van der Waals surface area contributed by atoms with E-state index in [-0.39, 0.29) is 17.3 Å². The van der Waals surface area contributed by atoms with Crippen molar-refractivity contribution in [2.75, 3.05) is 5.73 Å². The topological polar surface area (TPSA) is 137 Å². The van der Waals surface area contributed by atoms with Gasteiger partial charge in [-0.15, -0.1) is 16.9 Å². The number of thioether (sulfide) groups is 1. The Morgan fingerprint density at radius 1 is 1.19 bits per heavy atom. The van der Waals surface area contributed by atoms with Crippen LogP contribution in [0, 0.1) is 0 Å². The molecule has 2 aromatic carbocycles. The van der Waals surface area contributed by atoms with Crippen LogP contribution in [0.3, 0.4) is 0 Å². The van der Waals surface area contributed by atoms with E-state index in [0.717, 1.165) is 10.5 Å². The van der Waals surface area contributed by atoms with E-state index in [0.29, 0.717) is 16.5 Å². The second kappa shape index (κ2) is 9.41. The molecule has 1 amide bonds. The Bertz CT molecular complexity index is 1210. The Kier molecular flexibility index (Phi) is 6.24. The summed E-state index contributed by atoms with van der Waals surface area (Å²) in [6.45, 7) is 0. The average molecular weight is 455 g/mol. The molecule has 4 rings (SSSR count). The highest BCUT2D eigenvalue weighted by molar-refractivity contribution is 7.98. The first-order chi connectivity index (χ1) is 15.1. The van der Waals surface area contributed by atoms with E-state index in [9.17, 15) is 4.79 Å². The quantitative estimate of drug-likeness (QED) is 0.247. The molecule has 0 aliphatic heterocycles. The molecule has 0 bridgehead atoms. The second-order valence-electron chi connectivity index (χ2n) is 6.12. The number of carbonyl (C=O) groups is 1. The molecule has 10 nitrogen and oxygen atoms in total. The Labute approximate surface area is 185 Å². The van der Waals surface area contributed by atoms with Gasteiger partial charge in [-0.2, -0.15) is 9.78 Å². The van der Waals surface area contributed by atoms with Crippen molar-refractivity contribution in [1.82, 2.24) is 30.7 Å². The molecular formula is C19H15ClN8O2S. The predicted octanol–water partition coefficient (Wildman–Crippen LogP) is 2.94. The van der Waals surface area contributed by atoms with Crippen LogP contribution in [-0.2, 0) is 5.75 Å². The molecule has 2 heterocycles. The molecule has 2 aromatic heterocycles. The van der Waals surface area contributed by atoms with Gasteiger partial charge in [0.25, 0.3) is 5.91 Å². The van der Waals surface area contributed by atoms with Crippen LogP contribution in [0.25, 0.3) is 5.82 Å². The number of anilines is 1. The fraction of sp³-hybridized carbons (Fsp3) is 0.0526. The number of nitrogens with zero attached hydrogens (tertiary/aromatic N) is 6. The van der Waals surface area contributed by atoms with Crippen molar-refractivity contribution < 1.29 is 9.42 Å². The minimum absolute atomic E-state index is 0.0247. The zero-order valence-electron chi connectivity index (χ0n) is 15.8. The third kappa shape index (κ3) is 4.90. The summed E-state index contributed by atoms with van der Waals surface area (Å²) in [5.41, 5.74) is 9.63. The predicted molar refractivity (Wildman–Crippen MR) is 116 cm³/mol. The van der Waals surface area contributed by atoms with Crippen LogP contribution in [0.5, 0.6) is 0 Å². The molecule has 3 N–H and O–H groups in total. The van der Waals surface area contributed by atoms with Crippen LogP contribution in [-0.4, -0.2) is 37.4 Å². The van der Waals surface area contributed by atoms with Crippen LogP contribution >= 0.6 is 23.4 Å². The summed E-state index contributed by atoms with van der Waals surface area (Å²) < 4.78 is 5.98. The van der Waals surface area contributed by atoms with Crippen molar-refractivity contribution in [2.24, 2.45) is 5.10 Å². The highest BCUT2D eigenvalue weighted by Gasteiger charge is 2.24. The van der Waals surface area contributed by atoms with Gasteiger partial charge in [-0.25, -0.2) is 10.1 Å². The van der Waals surface area contributed by atoms with E-state index in [1.165, 1.54) is 22.7 Å². The van der Waals surface area contributed by atoms with Gasteiger partial charge < -0.3 is 5.73 Å². The second-order valence-corrected chi connectivity index (χ2v) is 7.61. The summed E-state index contributed by atoms with van der Waals surface area (Å²) in [6.07, 6.45) is 1.53. The number of nitrogen functional groups attached to an aromatic ring is 1. The zero-order valence-corrected chi connectivity index (χ0v) is 17.4. The minimum Gasteiger partial charge on any atom is -0.378 e. The van der Waals surface area contributed by atoms with Crippen LogP contribution in [0.2, 0.25) is 5.02 Å². The lowest BCUT2D eigenvalue weighted by Crippen LogP contribution is -2.20. The van der Waals surface area contributed by atoms with E-state index in [2.05, 4.69) is 35.8 Å². The number of nitrogens with two attached hydrogens (primary N) is 1. The van der Waals surface area contributed by atoms with Crippen LogP contribution < -0.4 is 11.2 Å². The van der Waals surface area contributed by atoms with Crippen molar-refractivity contribution in [2.45, 2.75) is 10.6 Å². The Balaban J connectivity index is 1.58. The molecule has 0 spiro atoms. The number of hydrazone groups is 1. The van der Waals surface area contributed by atoms with Gasteiger partial charge >= 0.3 is 0 Å². The maximum atomic E-state index is 12.7. The molecule has 31 heavy (non-hydrogen) atoms. The molecule has 4 aromatic rings. The standard InChI is InChI=1S/C19H15ClN8O2S/c20-13-6-8-14(9-7-13)31-11-15-16(23-27-28(15)18-17(21)25-30-26-18)19(29)24-22-10-12-4-2-1-3-5-12/h1-10H,11H2,(H2,21,25)(H,24,29). The molecule has 12 heteroatoms. The lowest BCUT2D eigenvalue weighted by atomic mass is 10.2. The van der Waals surface area contributed by atoms with Crippen molar-refractivity contribution in [3.05, 3.63) is 76.6 Å². The summed E-state index contributed by atoms with van der Waals surface area (Å²) in [5, 5.41) is 19.9. The van der Waals surface area contributed by atoms with E-state index in [1.807, 2.05) is 42.5 Å². The summed E-state index contributed by atoms with van der Waals surface area (Å²) in [6, 6.07) is 16.7. The number of rotatable bonds is 7. The van der Waals surface area contributed by atoms with Gasteiger partial charge in [0.1, 0.15) is 0 Å².